The number of nitrogens with zero attached hydrogens (tertiary/aromatic N) is 2. The lowest BCUT2D eigenvalue weighted by molar-refractivity contribution is 0.464. The molecule has 1 aromatic heterocycles. The summed E-state index contributed by atoms with van der Waals surface area (Å²) in [5.41, 5.74) is 11.1. The van der Waals surface area contributed by atoms with E-state index in [0.29, 0.717) is 29.1 Å². The van der Waals surface area contributed by atoms with E-state index < -0.39 is 0 Å². The molecule has 0 unspecified atom stereocenters. The van der Waals surface area contributed by atoms with E-state index in [1.54, 1.807) is 0 Å². The quantitative estimate of drug-likeness (QED) is 0.651. The van der Waals surface area contributed by atoms with Gasteiger partial charge in [-0.05, 0) is 60.7 Å². The number of nitrogen functional groups attached to an aromatic ring is 1. The van der Waals surface area contributed by atoms with E-state index in [1.807, 2.05) is 36.4 Å². The molecule has 0 saturated carbocycles. The van der Waals surface area contributed by atoms with Crippen molar-refractivity contribution in [2.45, 2.75) is 33.6 Å². The lowest BCUT2D eigenvalue weighted by atomic mass is 10.0. The minimum Gasteiger partial charge on any atom is -0.437 e. The highest BCUT2D eigenvalue weighted by Crippen LogP contribution is 2.31. The maximum atomic E-state index is 6.22. The van der Waals surface area contributed by atoms with E-state index in [9.17, 15) is 0 Å². The molecule has 1 heterocycles. The summed E-state index contributed by atoms with van der Waals surface area (Å²) < 4.78 is 5.85. The second kappa shape index (κ2) is 7.44. The topological polar surface area (TPSA) is 73.1 Å². The molecule has 26 heavy (non-hydrogen) atoms. The van der Waals surface area contributed by atoms with Crippen molar-refractivity contribution in [2.24, 2.45) is 0 Å². The zero-order valence-corrected chi connectivity index (χ0v) is 15.6. The van der Waals surface area contributed by atoms with Gasteiger partial charge in [-0.1, -0.05) is 32.0 Å². The van der Waals surface area contributed by atoms with Gasteiger partial charge >= 0.3 is 0 Å². The number of ether oxygens (including phenoxy) is 1. The third kappa shape index (κ3) is 4.11. The summed E-state index contributed by atoms with van der Waals surface area (Å²) >= 11 is 0. The summed E-state index contributed by atoms with van der Waals surface area (Å²) in [6.45, 7) is 8.42. The highest BCUT2D eigenvalue weighted by Gasteiger charge is 2.11. The number of nitrogens with one attached hydrogen (secondary N) is 1. The molecule has 0 aliphatic rings. The van der Waals surface area contributed by atoms with Crippen LogP contribution in [-0.2, 0) is 0 Å². The van der Waals surface area contributed by atoms with Gasteiger partial charge in [-0.2, -0.15) is 4.98 Å². The van der Waals surface area contributed by atoms with Crippen LogP contribution >= 0.6 is 0 Å². The van der Waals surface area contributed by atoms with Gasteiger partial charge in [0.05, 0.1) is 0 Å². The first kappa shape index (κ1) is 17.7. The Hall–Kier alpha value is -3.08. The Labute approximate surface area is 154 Å². The standard InChI is InChI=1S/C21H24N4O/c1-13(2)16-5-7-18(8-6-16)26-21-19(22)20(23-12-24-21)25-17-10-14(3)9-15(4)11-17/h5-13H,22H2,1-4H3,(H,23,24,25). The van der Waals surface area contributed by atoms with Crippen LogP contribution in [0.1, 0.15) is 36.5 Å². The summed E-state index contributed by atoms with van der Waals surface area (Å²) in [7, 11) is 0. The van der Waals surface area contributed by atoms with Gasteiger partial charge in [0, 0.05) is 5.69 Å². The maximum absolute atomic E-state index is 6.22. The summed E-state index contributed by atoms with van der Waals surface area (Å²) in [6, 6.07) is 14.1. The summed E-state index contributed by atoms with van der Waals surface area (Å²) in [6.07, 6.45) is 1.44. The van der Waals surface area contributed by atoms with Gasteiger partial charge in [-0.3, -0.25) is 0 Å². The van der Waals surface area contributed by atoms with Gasteiger partial charge in [-0.15, -0.1) is 0 Å². The van der Waals surface area contributed by atoms with Crippen molar-refractivity contribution >= 4 is 17.2 Å². The third-order valence-electron chi connectivity index (χ3n) is 4.09. The monoisotopic (exact) mass is 348 g/mol. The van der Waals surface area contributed by atoms with Crippen molar-refractivity contribution in [3.8, 4) is 11.6 Å². The minimum atomic E-state index is 0.337. The Morgan fingerprint density at radius 1 is 0.962 bits per heavy atom. The van der Waals surface area contributed by atoms with E-state index in [2.05, 4.69) is 49.0 Å². The molecule has 5 nitrogen and oxygen atoms in total. The Bertz CT molecular complexity index is 884. The lowest BCUT2D eigenvalue weighted by Gasteiger charge is -2.13. The molecule has 3 aromatic rings. The van der Waals surface area contributed by atoms with Crippen LogP contribution in [0.4, 0.5) is 17.2 Å². The molecule has 0 bridgehead atoms. The zero-order valence-electron chi connectivity index (χ0n) is 15.6. The second-order valence-corrected chi connectivity index (χ2v) is 6.77. The fourth-order valence-corrected chi connectivity index (χ4v) is 2.78. The largest absolute Gasteiger partial charge is 0.437 e. The Kier molecular flexibility index (Phi) is 5.07. The number of anilines is 3. The molecule has 0 spiro atoms. The van der Waals surface area contributed by atoms with E-state index in [0.717, 1.165) is 5.69 Å². The Morgan fingerprint density at radius 3 is 2.23 bits per heavy atom. The Balaban J connectivity index is 1.82. The van der Waals surface area contributed by atoms with Crippen LogP contribution in [0.2, 0.25) is 0 Å². The molecular formula is C21H24N4O. The lowest BCUT2D eigenvalue weighted by Crippen LogP contribution is -2.03. The summed E-state index contributed by atoms with van der Waals surface area (Å²) in [5.74, 6) is 2.03. The van der Waals surface area contributed by atoms with E-state index >= 15 is 0 Å². The van der Waals surface area contributed by atoms with Crippen molar-refractivity contribution in [3.05, 3.63) is 65.5 Å². The van der Waals surface area contributed by atoms with E-state index in [4.69, 9.17) is 10.5 Å². The van der Waals surface area contributed by atoms with Crippen LogP contribution in [0.25, 0.3) is 0 Å². The zero-order chi connectivity index (χ0) is 18.7. The van der Waals surface area contributed by atoms with Crippen LogP contribution < -0.4 is 15.8 Å². The van der Waals surface area contributed by atoms with Gasteiger partial charge < -0.3 is 15.8 Å². The summed E-state index contributed by atoms with van der Waals surface area (Å²) in [5, 5.41) is 3.25. The molecule has 0 amide bonds. The van der Waals surface area contributed by atoms with Gasteiger partial charge in [0.15, 0.2) is 5.82 Å². The first-order valence-electron chi connectivity index (χ1n) is 8.66. The SMILES string of the molecule is Cc1cc(C)cc(Nc2ncnc(Oc3ccc(C(C)C)cc3)c2N)c1. The normalized spacial score (nSPS) is 10.8. The number of aromatic nitrogens is 2. The number of hydrogen-bond donors (Lipinski definition) is 2. The van der Waals surface area contributed by atoms with Crippen LogP contribution in [0, 0.1) is 13.8 Å². The number of nitrogens with two attached hydrogens (primary N) is 1. The van der Waals surface area contributed by atoms with Crippen molar-refractivity contribution in [1.82, 2.24) is 9.97 Å². The van der Waals surface area contributed by atoms with Gasteiger partial charge in [0.1, 0.15) is 17.8 Å². The fourth-order valence-electron chi connectivity index (χ4n) is 2.78. The van der Waals surface area contributed by atoms with Crippen molar-refractivity contribution < 1.29 is 4.74 Å². The third-order valence-corrected chi connectivity index (χ3v) is 4.09. The van der Waals surface area contributed by atoms with Crippen LogP contribution in [0.15, 0.2) is 48.8 Å². The minimum absolute atomic E-state index is 0.337. The number of rotatable bonds is 5. The molecule has 0 radical (unpaired) electrons. The van der Waals surface area contributed by atoms with Crippen LogP contribution in [0.5, 0.6) is 11.6 Å². The van der Waals surface area contributed by atoms with Gasteiger partial charge in [0.2, 0.25) is 5.88 Å². The second-order valence-electron chi connectivity index (χ2n) is 6.77. The first-order valence-corrected chi connectivity index (χ1v) is 8.66. The number of aryl methyl sites for hydroxylation is 2. The molecule has 0 atom stereocenters. The fraction of sp³-hybridized carbons (Fsp3) is 0.238. The molecular weight excluding hydrogens is 324 g/mol. The molecule has 0 saturated heterocycles. The number of hydrogen-bond acceptors (Lipinski definition) is 5. The van der Waals surface area contributed by atoms with Crippen molar-refractivity contribution in [1.29, 1.82) is 0 Å². The van der Waals surface area contributed by atoms with Crippen LogP contribution in [0.3, 0.4) is 0 Å². The average Bonchev–Trinajstić information content (AvgIpc) is 2.58. The predicted molar refractivity (Wildman–Crippen MR) is 106 cm³/mol. The van der Waals surface area contributed by atoms with Crippen molar-refractivity contribution in [3.63, 3.8) is 0 Å². The van der Waals surface area contributed by atoms with E-state index in [1.165, 1.54) is 23.0 Å². The highest BCUT2D eigenvalue weighted by atomic mass is 16.5. The molecule has 3 rings (SSSR count). The van der Waals surface area contributed by atoms with Crippen molar-refractivity contribution in [2.75, 3.05) is 11.1 Å². The maximum Gasteiger partial charge on any atom is 0.248 e. The molecule has 0 aliphatic carbocycles. The molecule has 2 aromatic carbocycles. The highest BCUT2D eigenvalue weighted by molar-refractivity contribution is 5.72. The molecule has 3 N–H and O–H groups in total. The summed E-state index contributed by atoms with van der Waals surface area (Å²) in [4.78, 5) is 8.42. The van der Waals surface area contributed by atoms with E-state index in [-0.39, 0.29) is 0 Å². The number of benzene rings is 2. The predicted octanol–water partition coefficient (Wildman–Crippen LogP) is 5.33. The van der Waals surface area contributed by atoms with Gasteiger partial charge in [0.25, 0.3) is 0 Å². The first-order chi connectivity index (χ1) is 12.4. The van der Waals surface area contributed by atoms with Crippen LogP contribution in [-0.4, -0.2) is 9.97 Å². The molecule has 0 aliphatic heterocycles. The average molecular weight is 348 g/mol. The molecule has 134 valence electrons. The Morgan fingerprint density at radius 2 is 1.62 bits per heavy atom. The molecule has 0 fully saturated rings. The molecule has 5 heteroatoms. The smallest absolute Gasteiger partial charge is 0.248 e. The van der Waals surface area contributed by atoms with Gasteiger partial charge in [-0.25, -0.2) is 4.98 Å².